The molecule has 1 aliphatic rings. The highest BCUT2D eigenvalue weighted by molar-refractivity contribution is 5.50. The predicted octanol–water partition coefficient (Wildman–Crippen LogP) is 2.38. The number of aliphatic hydroxyl groups excluding tert-OH is 1. The minimum atomic E-state index is 0.153. The van der Waals surface area contributed by atoms with E-state index in [0.717, 1.165) is 43.4 Å². The molecule has 0 aromatic carbocycles. The molecule has 1 aliphatic carbocycles. The van der Waals surface area contributed by atoms with E-state index in [-0.39, 0.29) is 6.61 Å². The van der Waals surface area contributed by atoms with Crippen LogP contribution in [0.5, 0.6) is 0 Å². The second-order valence-electron chi connectivity index (χ2n) is 5.38. The molecule has 1 aromatic rings. The van der Waals surface area contributed by atoms with E-state index in [1.54, 1.807) is 0 Å². The maximum atomic E-state index is 9.23. The van der Waals surface area contributed by atoms with Gasteiger partial charge in [0.1, 0.15) is 17.5 Å². The van der Waals surface area contributed by atoms with Gasteiger partial charge in [0.2, 0.25) is 0 Å². The molecule has 1 heterocycles. The first kappa shape index (κ1) is 15.0. The fraction of sp³-hybridized carbons (Fsp3) is 0.733. The van der Waals surface area contributed by atoms with Gasteiger partial charge in [-0.3, -0.25) is 0 Å². The SMILES string of the molecule is CCCNc1cc(N(CCC)CCO)nc(C2CC2)n1. The number of anilines is 2. The quantitative estimate of drug-likeness (QED) is 0.726. The molecule has 1 fully saturated rings. The largest absolute Gasteiger partial charge is 0.395 e. The molecule has 0 unspecified atom stereocenters. The Kier molecular flexibility index (Phi) is 5.59. The molecule has 20 heavy (non-hydrogen) atoms. The van der Waals surface area contributed by atoms with Crippen LogP contribution in [0, 0.1) is 0 Å². The summed E-state index contributed by atoms with van der Waals surface area (Å²) in [5.74, 6) is 3.35. The Bertz CT molecular complexity index is 414. The third-order valence-electron chi connectivity index (χ3n) is 3.42. The van der Waals surface area contributed by atoms with Gasteiger partial charge in [-0.25, -0.2) is 9.97 Å². The smallest absolute Gasteiger partial charge is 0.136 e. The fourth-order valence-corrected chi connectivity index (χ4v) is 2.21. The first-order valence-electron chi connectivity index (χ1n) is 7.77. The maximum absolute atomic E-state index is 9.23. The molecule has 5 nitrogen and oxygen atoms in total. The van der Waals surface area contributed by atoms with Crippen LogP contribution in [0.3, 0.4) is 0 Å². The number of nitrogens with zero attached hydrogens (tertiary/aromatic N) is 3. The van der Waals surface area contributed by atoms with E-state index < -0.39 is 0 Å². The zero-order valence-electron chi connectivity index (χ0n) is 12.6. The van der Waals surface area contributed by atoms with Crippen molar-refractivity contribution in [3.8, 4) is 0 Å². The highest BCUT2D eigenvalue weighted by atomic mass is 16.3. The van der Waals surface area contributed by atoms with Crippen molar-refractivity contribution >= 4 is 11.6 Å². The van der Waals surface area contributed by atoms with Crippen LogP contribution >= 0.6 is 0 Å². The lowest BCUT2D eigenvalue weighted by atomic mass is 10.3. The highest BCUT2D eigenvalue weighted by Gasteiger charge is 2.27. The van der Waals surface area contributed by atoms with E-state index in [4.69, 9.17) is 4.98 Å². The van der Waals surface area contributed by atoms with E-state index in [0.29, 0.717) is 12.5 Å². The topological polar surface area (TPSA) is 61.3 Å². The first-order valence-corrected chi connectivity index (χ1v) is 7.77. The number of nitrogens with one attached hydrogen (secondary N) is 1. The Labute approximate surface area is 121 Å². The lowest BCUT2D eigenvalue weighted by Gasteiger charge is -2.23. The standard InChI is InChI=1S/C15H26N4O/c1-3-7-16-13-11-14(19(8-4-2)9-10-20)18-15(17-13)12-5-6-12/h11-12,20H,3-10H2,1-2H3,(H,16,17,18). The molecular formula is C15H26N4O. The summed E-state index contributed by atoms with van der Waals surface area (Å²) in [6, 6.07) is 2.01. The number of aromatic nitrogens is 2. The van der Waals surface area contributed by atoms with Crippen molar-refractivity contribution in [3.05, 3.63) is 11.9 Å². The van der Waals surface area contributed by atoms with Gasteiger partial charge in [0.15, 0.2) is 0 Å². The molecule has 1 saturated carbocycles. The monoisotopic (exact) mass is 278 g/mol. The molecule has 5 heteroatoms. The summed E-state index contributed by atoms with van der Waals surface area (Å²) in [4.78, 5) is 11.5. The van der Waals surface area contributed by atoms with Gasteiger partial charge in [-0.05, 0) is 25.7 Å². The molecule has 0 amide bonds. The van der Waals surface area contributed by atoms with Crippen molar-refractivity contribution in [2.45, 2.75) is 45.4 Å². The van der Waals surface area contributed by atoms with Gasteiger partial charge >= 0.3 is 0 Å². The van der Waals surface area contributed by atoms with Crippen LogP contribution in [-0.4, -0.2) is 41.3 Å². The van der Waals surface area contributed by atoms with Crippen molar-refractivity contribution in [2.24, 2.45) is 0 Å². The van der Waals surface area contributed by atoms with Crippen molar-refractivity contribution in [1.82, 2.24) is 9.97 Å². The average Bonchev–Trinajstić information content (AvgIpc) is 3.29. The molecule has 1 aromatic heterocycles. The van der Waals surface area contributed by atoms with Gasteiger partial charge in [-0.15, -0.1) is 0 Å². The molecule has 2 rings (SSSR count). The van der Waals surface area contributed by atoms with Crippen LogP contribution in [0.4, 0.5) is 11.6 Å². The summed E-state index contributed by atoms with van der Waals surface area (Å²) < 4.78 is 0. The number of hydrogen-bond acceptors (Lipinski definition) is 5. The summed E-state index contributed by atoms with van der Waals surface area (Å²) in [5.41, 5.74) is 0. The van der Waals surface area contributed by atoms with Crippen LogP contribution in [0.25, 0.3) is 0 Å². The molecule has 2 N–H and O–H groups in total. The highest BCUT2D eigenvalue weighted by Crippen LogP contribution is 2.39. The van der Waals surface area contributed by atoms with E-state index in [1.165, 1.54) is 12.8 Å². The number of aliphatic hydroxyl groups is 1. The Morgan fingerprint density at radius 1 is 1.25 bits per heavy atom. The van der Waals surface area contributed by atoms with Crippen LogP contribution in [0.1, 0.15) is 51.3 Å². The summed E-state index contributed by atoms with van der Waals surface area (Å²) in [6.07, 6.45) is 4.52. The van der Waals surface area contributed by atoms with Gasteiger partial charge in [0, 0.05) is 31.6 Å². The minimum Gasteiger partial charge on any atom is -0.395 e. The molecule has 112 valence electrons. The van der Waals surface area contributed by atoms with Crippen molar-refractivity contribution in [2.75, 3.05) is 36.5 Å². The van der Waals surface area contributed by atoms with E-state index in [9.17, 15) is 5.11 Å². The first-order chi connectivity index (χ1) is 9.78. The second kappa shape index (κ2) is 7.43. The van der Waals surface area contributed by atoms with Crippen LogP contribution in [0.2, 0.25) is 0 Å². The normalized spacial score (nSPS) is 14.3. The van der Waals surface area contributed by atoms with Crippen molar-refractivity contribution in [1.29, 1.82) is 0 Å². The van der Waals surface area contributed by atoms with Gasteiger partial charge in [-0.1, -0.05) is 13.8 Å². The molecule has 0 radical (unpaired) electrons. The van der Waals surface area contributed by atoms with Crippen molar-refractivity contribution < 1.29 is 5.11 Å². The third kappa shape index (κ3) is 4.07. The summed E-state index contributed by atoms with van der Waals surface area (Å²) in [6.45, 7) is 6.90. The molecule has 0 spiro atoms. The molecule has 0 saturated heterocycles. The Hall–Kier alpha value is -1.36. The van der Waals surface area contributed by atoms with E-state index in [2.05, 4.69) is 29.0 Å². The van der Waals surface area contributed by atoms with E-state index in [1.807, 2.05) is 6.07 Å². The summed E-state index contributed by atoms with van der Waals surface area (Å²) in [7, 11) is 0. The van der Waals surface area contributed by atoms with Crippen LogP contribution in [-0.2, 0) is 0 Å². The molecular weight excluding hydrogens is 252 g/mol. The van der Waals surface area contributed by atoms with Crippen LogP contribution in [0.15, 0.2) is 6.07 Å². The van der Waals surface area contributed by atoms with Gasteiger partial charge < -0.3 is 15.3 Å². The second-order valence-corrected chi connectivity index (χ2v) is 5.38. The van der Waals surface area contributed by atoms with Gasteiger partial charge in [0.25, 0.3) is 0 Å². The van der Waals surface area contributed by atoms with Gasteiger partial charge in [0.05, 0.1) is 6.61 Å². The number of rotatable bonds is 9. The maximum Gasteiger partial charge on any atom is 0.136 e. The predicted molar refractivity (Wildman–Crippen MR) is 82.4 cm³/mol. The summed E-state index contributed by atoms with van der Waals surface area (Å²) in [5, 5.41) is 12.6. The summed E-state index contributed by atoms with van der Waals surface area (Å²) >= 11 is 0. The lowest BCUT2D eigenvalue weighted by molar-refractivity contribution is 0.301. The van der Waals surface area contributed by atoms with Crippen LogP contribution < -0.4 is 10.2 Å². The van der Waals surface area contributed by atoms with E-state index >= 15 is 0 Å². The average molecular weight is 278 g/mol. The fourth-order valence-electron chi connectivity index (χ4n) is 2.21. The van der Waals surface area contributed by atoms with Gasteiger partial charge in [-0.2, -0.15) is 0 Å². The molecule has 0 bridgehead atoms. The lowest BCUT2D eigenvalue weighted by Crippen LogP contribution is -2.28. The zero-order valence-corrected chi connectivity index (χ0v) is 12.6. The minimum absolute atomic E-state index is 0.153. The Morgan fingerprint density at radius 2 is 2.05 bits per heavy atom. The molecule has 0 aliphatic heterocycles. The Morgan fingerprint density at radius 3 is 2.65 bits per heavy atom. The zero-order chi connectivity index (χ0) is 14.4. The number of hydrogen-bond donors (Lipinski definition) is 2. The van der Waals surface area contributed by atoms with Crippen molar-refractivity contribution in [3.63, 3.8) is 0 Å². The molecule has 0 atom stereocenters. The third-order valence-corrected chi connectivity index (χ3v) is 3.42. The Balaban J connectivity index is 2.21.